The zero-order valence-corrected chi connectivity index (χ0v) is 12.4. The Morgan fingerprint density at radius 3 is 2.30 bits per heavy atom. The fraction of sp³-hybridized carbons (Fsp3) is 0.769. The van der Waals surface area contributed by atoms with E-state index in [0.29, 0.717) is 18.8 Å². The van der Waals surface area contributed by atoms with Gasteiger partial charge in [0, 0.05) is 26.4 Å². The van der Waals surface area contributed by atoms with E-state index in [4.69, 9.17) is 20.9 Å². The molecule has 0 aromatic carbocycles. The van der Waals surface area contributed by atoms with Crippen molar-refractivity contribution in [2.45, 2.75) is 52.2 Å². The van der Waals surface area contributed by atoms with Gasteiger partial charge in [0.15, 0.2) is 6.10 Å². The van der Waals surface area contributed by atoms with Gasteiger partial charge in [0.25, 0.3) is 0 Å². The Balaban J connectivity index is 4.11. The van der Waals surface area contributed by atoms with Gasteiger partial charge in [0.1, 0.15) is 6.61 Å². The van der Waals surface area contributed by atoms with Crippen molar-refractivity contribution in [1.82, 2.24) is 0 Å². The van der Waals surface area contributed by atoms with Crippen molar-refractivity contribution in [3.05, 3.63) is 0 Å². The zero-order valence-electron chi connectivity index (χ0n) is 12.4. The Labute approximate surface area is 119 Å². The first kappa shape index (κ1) is 18.4. The van der Waals surface area contributed by atoms with E-state index in [-0.39, 0.29) is 12.6 Å². The lowest BCUT2D eigenvalue weighted by Crippen LogP contribution is -2.41. The van der Waals surface area contributed by atoms with Crippen LogP contribution in [-0.2, 0) is 19.1 Å². The first-order chi connectivity index (χ1) is 9.32. The summed E-state index contributed by atoms with van der Waals surface area (Å²) in [6, 6.07) is -0.374. The molecule has 0 bridgehead atoms. The molecule has 2 atom stereocenters. The Morgan fingerprint density at radius 1 is 1.15 bits per heavy atom. The van der Waals surface area contributed by atoms with Crippen molar-refractivity contribution < 1.29 is 19.1 Å². The number of unbranched alkanes of at least 4 members (excludes halogenated alkanes) is 1. The van der Waals surface area contributed by atoms with E-state index in [2.05, 4.69) is 4.99 Å². The minimum atomic E-state index is -0.615. The fourth-order valence-electron chi connectivity index (χ4n) is 1.59. The summed E-state index contributed by atoms with van der Waals surface area (Å²) in [5, 5.41) is 0. The molecular formula is C13H25N3O4. The number of aliphatic imine (C=N–C) groups is 1. The molecule has 4 N–H and O–H groups in total. The molecule has 0 fully saturated rings. The van der Waals surface area contributed by atoms with Crippen LogP contribution in [0.4, 0.5) is 0 Å². The summed E-state index contributed by atoms with van der Waals surface area (Å²) in [5.41, 5.74) is 11.4. The average Bonchev–Trinajstić information content (AvgIpc) is 2.32. The number of carbonyl (C=O) groups is 2. The van der Waals surface area contributed by atoms with Gasteiger partial charge in [-0.25, -0.2) is 0 Å². The van der Waals surface area contributed by atoms with E-state index in [0.717, 1.165) is 12.8 Å². The van der Waals surface area contributed by atoms with Gasteiger partial charge in [-0.1, -0.05) is 0 Å². The van der Waals surface area contributed by atoms with Crippen LogP contribution in [0.5, 0.6) is 0 Å². The highest BCUT2D eigenvalue weighted by Crippen LogP contribution is 2.08. The summed E-state index contributed by atoms with van der Waals surface area (Å²) in [6.45, 7) is 4.96. The van der Waals surface area contributed by atoms with E-state index in [9.17, 15) is 9.59 Å². The average molecular weight is 287 g/mol. The molecule has 0 rings (SSSR count). The third kappa shape index (κ3) is 10.3. The van der Waals surface area contributed by atoms with Crippen LogP contribution >= 0.6 is 0 Å². The normalized spacial score (nSPS) is 14.5. The first-order valence-corrected chi connectivity index (χ1v) is 6.65. The predicted molar refractivity (Wildman–Crippen MR) is 76.2 cm³/mol. The molecule has 7 heteroatoms. The minimum Gasteiger partial charge on any atom is -0.462 e. The SMILES string of the molecule is CC(=O)OCC(OC(C)=O)[C@@H](N)CCCCN=C(C)N. The maximum atomic E-state index is 11.0. The molecule has 0 aromatic heterocycles. The fourth-order valence-corrected chi connectivity index (χ4v) is 1.59. The molecule has 0 aliphatic rings. The number of hydrogen-bond acceptors (Lipinski definition) is 6. The van der Waals surface area contributed by atoms with E-state index >= 15 is 0 Å². The maximum absolute atomic E-state index is 11.0. The molecule has 0 radical (unpaired) electrons. The van der Waals surface area contributed by atoms with Crippen LogP contribution in [0, 0.1) is 0 Å². The Hall–Kier alpha value is -1.63. The van der Waals surface area contributed by atoms with Gasteiger partial charge in [-0.3, -0.25) is 14.6 Å². The third-order valence-electron chi connectivity index (χ3n) is 2.55. The van der Waals surface area contributed by atoms with Crippen LogP contribution in [0.15, 0.2) is 4.99 Å². The number of esters is 2. The molecule has 0 aliphatic heterocycles. The van der Waals surface area contributed by atoms with Crippen molar-refractivity contribution in [3.8, 4) is 0 Å². The molecule has 0 amide bonds. The quantitative estimate of drug-likeness (QED) is 0.273. The Kier molecular flexibility index (Phi) is 9.36. The van der Waals surface area contributed by atoms with Crippen molar-refractivity contribution >= 4 is 17.8 Å². The summed E-state index contributed by atoms with van der Waals surface area (Å²) in [6.07, 6.45) is 1.72. The standard InChI is InChI=1S/C13H25N3O4/c1-9(14)16-7-5-4-6-12(15)13(20-11(3)18)8-19-10(2)17/h12-13H,4-8,15H2,1-3H3,(H2,14,16)/t12-,13?/m0/s1. The molecule has 0 spiro atoms. The molecule has 0 saturated carbocycles. The molecule has 7 nitrogen and oxygen atoms in total. The van der Waals surface area contributed by atoms with Crippen LogP contribution in [-0.4, -0.2) is 43.1 Å². The molecular weight excluding hydrogens is 262 g/mol. The van der Waals surface area contributed by atoms with E-state index < -0.39 is 18.0 Å². The van der Waals surface area contributed by atoms with E-state index in [1.165, 1.54) is 13.8 Å². The summed E-state index contributed by atoms with van der Waals surface area (Å²) < 4.78 is 9.92. The number of ether oxygens (including phenoxy) is 2. The van der Waals surface area contributed by atoms with Gasteiger partial charge in [-0.2, -0.15) is 0 Å². The monoisotopic (exact) mass is 287 g/mol. The number of rotatable bonds is 9. The van der Waals surface area contributed by atoms with Crippen molar-refractivity contribution in [1.29, 1.82) is 0 Å². The molecule has 1 unspecified atom stereocenters. The van der Waals surface area contributed by atoms with Crippen LogP contribution in [0.2, 0.25) is 0 Å². The number of amidine groups is 1. The van der Waals surface area contributed by atoms with Crippen LogP contribution < -0.4 is 11.5 Å². The van der Waals surface area contributed by atoms with Gasteiger partial charge < -0.3 is 20.9 Å². The topological polar surface area (TPSA) is 117 Å². The van der Waals surface area contributed by atoms with E-state index in [1.807, 2.05) is 0 Å². The van der Waals surface area contributed by atoms with Crippen LogP contribution in [0.25, 0.3) is 0 Å². The molecule has 0 heterocycles. The Morgan fingerprint density at radius 2 is 1.80 bits per heavy atom. The summed E-state index contributed by atoms with van der Waals surface area (Å²) in [7, 11) is 0. The second kappa shape index (κ2) is 10.2. The van der Waals surface area contributed by atoms with Gasteiger partial charge in [0.05, 0.1) is 5.84 Å². The van der Waals surface area contributed by atoms with Crippen LogP contribution in [0.3, 0.4) is 0 Å². The third-order valence-corrected chi connectivity index (χ3v) is 2.55. The molecule has 0 aliphatic carbocycles. The highest BCUT2D eigenvalue weighted by Gasteiger charge is 2.21. The lowest BCUT2D eigenvalue weighted by molar-refractivity contribution is -0.157. The zero-order chi connectivity index (χ0) is 15.5. The first-order valence-electron chi connectivity index (χ1n) is 6.65. The summed E-state index contributed by atoms with van der Waals surface area (Å²) in [5.74, 6) is -0.315. The van der Waals surface area contributed by atoms with Crippen molar-refractivity contribution in [2.24, 2.45) is 16.5 Å². The number of nitrogens with two attached hydrogens (primary N) is 2. The predicted octanol–water partition coefficient (Wildman–Crippen LogP) is 0.356. The van der Waals surface area contributed by atoms with Gasteiger partial charge >= 0.3 is 11.9 Å². The van der Waals surface area contributed by atoms with Gasteiger partial charge in [0.2, 0.25) is 0 Å². The lowest BCUT2D eigenvalue weighted by atomic mass is 10.1. The highest BCUT2D eigenvalue weighted by molar-refractivity contribution is 5.77. The number of carbonyl (C=O) groups excluding carboxylic acids is 2. The number of hydrogen-bond donors (Lipinski definition) is 2. The smallest absolute Gasteiger partial charge is 0.303 e. The van der Waals surface area contributed by atoms with E-state index in [1.54, 1.807) is 6.92 Å². The second-order valence-corrected chi connectivity index (χ2v) is 4.63. The molecule has 116 valence electrons. The molecule has 20 heavy (non-hydrogen) atoms. The molecule has 0 aromatic rings. The van der Waals surface area contributed by atoms with Crippen molar-refractivity contribution in [2.75, 3.05) is 13.2 Å². The second-order valence-electron chi connectivity index (χ2n) is 4.63. The largest absolute Gasteiger partial charge is 0.462 e. The maximum Gasteiger partial charge on any atom is 0.303 e. The minimum absolute atomic E-state index is 0.0177. The van der Waals surface area contributed by atoms with Gasteiger partial charge in [-0.05, 0) is 26.2 Å². The van der Waals surface area contributed by atoms with Crippen molar-refractivity contribution in [3.63, 3.8) is 0 Å². The lowest BCUT2D eigenvalue weighted by Gasteiger charge is -2.23. The van der Waals surface area contributed by atoms with Gasteiger partial charge in [-0.15, -0.1) is 0 Å². The Bertz CT molecular complexity index is 341. The summed E-state index contributed by atoms with van der Waals surface area (Å²) in [4.78, 5) is 25.9. The summed E-state index contributed by atoms with van der Waals surface area (Å²) >= 11 is 0. The highest BCUT2D eigenvalue weighted by atomic mass is 16.6. The van der Waals surface area contributed by atoms with Crippen LogP contribution in [0.1, 0.15) is 40.0 Å². The number of nitrogens with zero attached hydrogens (tertiary/aromatic N) is 1. The molecule has 0 saturated heterocycles.